The van der Waals surface area contributed by atoms with Gasteiger partial charge in [0.15, 0.2) is 0 Å². The molecule has 0 saturated heterocycles. The Balaban J connectivity index is 2.21. The summed E-state index contributed by atoms with van der Waals surface area (Å²) in [6.45, 7) is 0.117. The van der Waals surface area contributed by atoms with E-state index in [4.69, 9.17) is 10.4 Å². The van der Waals surface area contributed by atoms with E-state index in [-0.39, 0.29) is 23.3 Å². The second kappa shape index (κ2) is 7.90. The SMILES string of the molecule is N#Cc1cccc(C(=O)Nc2ccc(CCCO)cc2)c1C(=O)O. The van der Waals surface area contributed by atoms with Crippen LogP contribution in [0.2, 0.25) is 0 Å². The van der Waals surface area contributed by atoms with Crippen LogP contribution >= 0.6 is 0 Å². The lowest BCUT2D eigenvalue weighted by Gasteiger charge is -2.09. The van der Waals surface area contributed by atoms with E-state index in [1.165, 1.54) is 18.2 Å². The summed E-state index contributed by atoms with van der Waals surface area (Å²) < 4.78 is 0. The Kier molecular flexibility index (Phi) is 5.66. The van der Waals surface area contributed by atoms with E-state index in [2.05, 4.69) is 5.32 Å². The van der Waals surface area contributed by atoms with Gasteiger partial charge in [-0.3, -0.25) is 4.79 Å². The van der Waals surface area contributed by atoms with Gasteiger partial charge in [0, 0.05) is 12.3 Å². The topological polar surface area (TPSA) is 110 Å². The molecule has 6 heteroatoms. The summed E-state index contributed by atoms with van der Waals surface area (Å²) in [6.07, 6.45) is 1.40. The second-order valence-corrected chi connectivity index (χ2v) is 5.12. The van der Waals surface area contributed by atoms with Crippen molar-refractivity contribution in [2.75, 3.05) is 11.9 Å². The number of hydrogen-bond acceptors (Lipinski definition) is 4. The average Bonchev–Trinajstić information content (AvgIpc) is 2.60. The predicted molar refractivity (Wildman–Crippen MR) is 87.9 cm³/mol. The van der Waals surface area contributed by atoms with Crippen LogP contribution in [0, 0.1) is 11.3 Å². The predicted octanol–water partition coefficient (Wildman–Crippen LogP) is 2.43. The van der Waals surface area contributed by atoms with Crippen LogP contribution in [-0.4, -0.2) is 28.7 Å². The Morgan fingerprint density at radius 1 is 1.12 bits per heavy atom. The number of anilines is 1. The highest BCUT2D eigenvalue weighted by atomic mass is 16.4. The minimum atomic E-state index is -1.32. The third-order valence-electron chi connectivity index (χ3n) is 3.48. The fourth-order valence-electron chi connectivity index (χ4n) is 2.30. The van der Waals surface area contributed by atoms with Crippen molar-refractivity contribution in [3.63, 3.8) is 0 Å². The number of carbonyl (C=O) groups is 2. The van der Waals surface area contributed by atoms with Gasteiger partial charge in [-0.25, -0.2) is 4.79 Å². The van der Waals surface area contributed by atoms with Gasteiger partial charge in [0.25, 0.3) is 5.91 Å². The van der Waals surface area contributed by atoms with Crippen LogP contribution in [0.15, 0.2) is 42.5 Å². The van der Waals surface area contributed by atoms with Gasteiger partial charge in [0.1, 0.15) is 6.07 Å². The zero-order chi connectivity index (χ0) is 17.5. The second-order valence-electron chi connectivity index (χ2n) is 5.12. The van der Waals surface area contributed by atoms with Crippen LogP contribution < -0.4 is 5.32 Å². The van der Waals surface area contributed by atoms with Crippen LogP contribution in [0.4, 0.5) is 5.69 Å². The molecule has 0 atom stereocenters. The standard InChI is InChI=1S/C18H16N2O4/c19-11-13-4-1-5-15(16(13)18(23)24)17(22)20-14-8-6-12(7-9-14)3-2-10-21/h1,4-9,21H,2-3,10H2,(H,20,22)(H,23,24). The fraction of sp³-hybridized carbons (Fsp3) is 0.167. The number of aliphatic hydroxyl groups is 1. The van der Waals surface area contributed by atoms with E-state index in [9.17, 15) is 14.7 Å². The van der Waals surface area contributed by atoms with Gasteiger partial charge >= 0.3 is 5.97 Å². The molecular weight excluding hydrogens is 308 g/mol. The van der Waals surface area contributed by atoms with Crippen molar-refractivity contribution in [1.29, 1.82) is 5.26 Å². The van der Waals surface area contributed by atoms with Crippen LogP contribution in [0.25, 0.3) is 0 Å². The first-order valence-corrected chi connectivity index (χ1v) is 7.34. The number of carboxylic acid groups (broad SMARTS) is 1. The summed E-state index contributed by atoms with van der Waals surface area (Å²) in [7, 11) is 0. The first kappa shape index (κ1) is 17.2. The fourth-order valence-corrected chi connectivity index (χ4v) is 2.30. The number of nitriles is 1. The Hall–Kier alpha value is -3.17. The number of aromatic carboxylic acids is 1. The monoisotopic (exact) mass is 324 g/mol. The highest BCUT2D eigenvalue weighted by molar-refractivity contribution is 6.11. The molecule has 6 nitrogen and oxygen atoms in total. The van der Waals surface area contributed by atoms with Crippen molar-refractivity contribution >= 4 is 17.6 Å². The van der Waals surface area contributed by atoms with Crippen LogP contribution in [0.1, 0.15) is 38.3 Å². The molecule has 0 saturated carbocycles. The molecule has 0 heterocycles. The Labute approximate surface area is 139 Å². The number of nitrogens with one attached hydrogen (secondary N) is 1. The third kappa shape index (κ3) is 3.97. The third-order valence-corrected chi connectivity index (χ3v) is 3.48. The zero-order valence-corrected chi connectivity index (χ0v) is 12.8. The number of benzene rings is 2. The molecule has 1 amide bonds. The Morgan fingerprint density at radius 3 is 2.42 bits per heavy atom. The highest BCUT2D eigenvalue weighted by Gasteiger charge is 2.20. The number of carboxylic acids is 1. The summed E-state index contributed by atoms with van der Waals surface area (Å²) in [6, 6.07) is 13.1. The molecule has 122 valence electrons. The Bertz CT molecular complexity index is 792. The van der Waals surface area contributed by atoms with E-state index in [1.807, 2.05) is 12.1 Å². The molecule has 0 aliphatic rings. The van der Waals surface area contributed by atoms with Gasteiger partial charge in [-0.15, -0.1) is 0 Å². The minimum absolute atomic E-state index is 0.0606. The first-order valence-electron chi connectivity index (χ1n) is 7.34. The summed E-state index contributed by atoms with van der Waals surface area (Å²) in [4.78, 5) is 23.7. The molecule has 2 aromatic rings. The number of amides is 1. The molecule has 3 N–H and O–H groups in total. The molecule has 0 aliphatic heterocycles. The van der Waals surface area contributed by atoms with Crippen molar-refractivity contribution in [3.05, 3.63) is 64.7 Å². The molecule has 0 aliphatic carbocycles. The first-order chi connectivity index (χ1) is 11.6. The number of rotatable bonds is 6. The lowest BCUT2D eigenvalue weighted by molar-refractivity contribution is 0.0692. The van der Waals surface area contributed by atoms with Crippen molar-refractivity contribution in [3.8, 4) is 6.07 Å². The summed E-state index contributed by atoms with van der Waals surface area (Å²) in [5.74, 6) is -1.91. The van der Waals surface area contributed by atoms with Gasteiger partial charge in [-0.2, -0.15) is 5.26 Å². The Morgan fingerprint density at radius 2 is 1.83 bits per heavy atom. The van der Waals surface area contributed by atoms with Gasteiger partial charge in [0.05, 0.1) is 16.7 Å². The average molecular weight is 324 g/mol. The largest absolute Gasteiger partial charge is 0.478 e. The highest BCUT2D eigenvalue weighted by Crippen LogP contribution is 2.17. The maximum atomic E-state index is 12.3. The van der Waals surface area contributed by atoms with E-state index < -0.39 is 11.9 Å². The maximum Gasteiger partial charge on any atom is 0.337 e. The van der Waals surface area contributed by atoms with Gasteiger partial charge in [-0.05, 0) is 42.7 Å². The van der Waals surface area contributed by atoms with E-state index in [0.29, 0.717) is 12.1 Å². The summed E-state index contributed by atoms with van der Waals surface area (Å²) in [5.41, 5.74) is 1.11. The smallest absolute Gasteiger partial charge is 0.337 e. The summed E-state index contributed by atoms with van der Waals surface area (Å²) in [5, 5.41) is 29.7. The molecule has 2 aromatic carbocycles. The number of hydrogen-bond donors (Lipinski definition) is 3. The minimum Gasteiger partial charge on any atom is -0.478 e. The van der Waals surface area contributed by atoms with Crippen molar-refractivity contribution in [2.45, 2.75) is 12.8 Å². The van der Waals surface area contributed by atoms with E-state index in [0.717, 1.165) is 12.0 Å². The normalized spacial score (nSPS) is 10.0. The molecule has 0 bridgehead atoms. The van der Waals surface area contributed by atoms with Gasteiger partial charge < -0.3 is 15.5 Å². The van der Waals surface area contributed by atoms with Crippen LogP contribution in [0.5, 0.6) is 0 Å². The molecular formula is C18H16N2O4. The quantitative estimate of drug-likeness (QED) is 0.756. The summed E-state index contributed by atoms with van der Waals surface area (Å²) >= 11 is 0. The van der Waals surface area contributed by atoms with Crippen molar-refractivity contribution < 1.29 is 19.8 Å². The molecule has 0 radical (unpaired) electrons. The molecule has 24 heavy (non-hydrogen) atoms. The zero-order valence-electron chi connectivity index (χ0n) is 12.8. The number of nitrogens with zero attached hydrogens (tertiary/aromatic N) is 1. The van der Waals surface area contributed by atoms with E-state index >= 15 is 0 Å². The van der Waals surface area contributed by atoms with E-state index in [1.54, 1.807) is 18.2 Å². The number of aliphatic hydroxyl groups excluding tert-OH is 1. The maximum absolute atomic E-state index is 12.3. The van der Waals surface area contributed by atoms with Gasteiger partial charge in [0.2, 0.25) is 0 Å². The molecule has 0 aromatic heterocycles. The van der Waals surface area contributed by atoms with Gasteiger partial charge in [-0.1, -0.05) is 18.2 Å². The van der Waals surface area contributed by atoms with Crippen LogP contribution in [0.3, 0.4) is 0 Å². The lowest BCUT2D eigenvalue weighted by atomic mass is 10.0. The van der Waals surface area contributed by atoms with Crippen LogP contribution in [-0.2, 0) is 6.42 Å². The van der Waals surface area contributed by atoms with Crippen molar-refractivity contribution in [2.24, 2.45) is 0 Å². The number of aryl methyl sites for hydroxylation is 1. The van der Waals surface area contributed by atoms with Crippen molar-refractivity contribution in [1.82, 2.24) is 0 Å². The number of carbonyl (C=O) groups excluding carboxylic acids is 1. The molecule has 0 fully saturated rings. The molecule has 2 rings (SSSR count). The molecule has 0 unspecified atom stereocenters. The molecule has 0 spiro atoms. The lowest BCUT2D eigenvalue weighted by Crippen LogP contribution is -2.17.